The summed E-state index contributed by atoms with van der Waals surface area (Å²) in [6, 6.07) is -1.87. The van der Waals surface area contributed by atoms with E-state index >= 15 is 0 Å². The molecule has 15 nitrogen and oxygen atoms in total. The van der Waals surface area contributed by atoms with Crippen LogP contribution < -0.4 is 33.6 Å². The first-order valence-corrected chi connectivity index (χ1v) is 14.9. The molecule has 2 fully saturated rings. The molecule has 246 valence electrons. The van der Waals surface area contributed by atoms with Crippen LogP contribution in [0.25, 0.3) is 0 Å². The second-order valence-electron chi connectivity index (χ2n) is 12.0. The predicted octanol–water partition coefficient (Wildman–Crippen LogP) is -4.12. The van der Waals surface area contributed by atoms with Crippen LogP contribution in [0.3, 0.4) is 0 Å². The van der Waals surface area contributed by atoms with Gasteiger partial charge in [0.25, 0.3) is 0 Å². The molecule has 13 atom stereocenters. The van der Waals surface area contributed by atoms with Crippen molar-refractivity contribution in [3.63, 3.8) is 0 Å². The number of nitrogens with two attached hydrogens (primary N) is 4. The first-order chi connectivity index (χ1) is 19.9. The zero-order valence-corrected chi connectivity index (χ0v) is 24.8. The van der Waals surface area contributed by atoms with Crippen molar-refractivity contribution < 1.29 is 44.5 Å². The zero-order valence-electron chi connectivity index (χ0n) is 24.8. The molecule has 3 unspecified atom stereocenters. The topological polar surface area (TPSA) is 266 Å². The van der Waals surface area contributed by atoms with E-state index < -0.39 is 72.9 Å². The Morgan fingerprint density at radius 2 is 1.76 bits per heavy atom. The summed E-state index contributed by atoms with van der Waals surface area (Å²) in [5.74, 6) is 0.272. The monoisotopic (exact) mass is 606 g/mol. The van der Waals surface area contributed by atoms with Crippen LogP contribution in [0.1, 0.15) is 39.0 Å². The Hall–Kier alpha value is -1.02. The fourth-order valence-corrected chi connectivity index (χ4v) is 5.95. The van der Waals surface area contributed by atoms with Crippen molar-refractivity contribution >= 4 is 0 Å². The lowest BCUT2D eigenvalue weighted by atomic mass is 9.77. The van der Waals surface area contributed by atoms with Gasteiger partial charge >= 0.3 is 0 Å². The molecule has 0 radical (unpaired) electrons. The van der Waals surface area contributed by atoms with Gasteiger partial charge in [-0.2, -0.15) is 0 Å². The van der Waals surface area contributed by atoms with Gasteiger partial charge in [0, 0.05) is 19.1 Å². The maximum Gasteiger partial charge on any atom is 0.215 e. The van der Waals surface area contributed by atoms with Crippen molar-refractivity contribution in [2.75, 3.05) is 39.8 Å². The summed E-state index contributed by atoms with van der Waals surface area (Å²) in [5.41, 5.74) is 22.6. The Morgan fingerprint density at radius 3 is 2.43 bits per heavy atom. The molecule has 0 spiro atoms. The Labute approximate surface area is 247 Å². The second-order valence-corrected chi connectivity index (χ2v) is 12.0. The van der Waals surface area contributed by atoms with Crippen molar-refractivity contribution in [1.29, 1.82) is 0 Å². The lowest BCUT2D eigenvalue weighted by molar-refractivity contribution is -0.308. The van der Waals surface area contributed by atoms with Gasteiger partial charge < -0.3 is 78.0 Å². The molecule has 2 aliphatic heterocycles. The maximum absolute atomic E-state index is 11.6. The minimum absolute atomic E-state index is 0.0928. The molecule has 1 aliphatic carbocycles. The SMILES string of the molecule is CN[C@@H]1[C@@H](O)[C@@H](O[C@H]2[C@H](CCC(O)CN)C[C@H](N)C(O[C@H]3OC(CNCC(O)CCN)=CC[C@H]3N)[C@@H]2O)OC[C@]1(C)O. The second kappa shape index (κ2) is 16.3. The number of aliphatic hydroxyl groups is 5. The Balaban J connectivity index is 1.71. The normalized spacial score (nSPS) is 40.7. The van der Waals surface area contributed by atoms with E-state index in [1.54, 1.807) is 14.0 Å². The Bertz CT molecular complexity index is 842. The highest BCUT2D eigenvalue weighted by Crippen LogP contribution is 2.36. The summed E-state index contributed by atoms with van der Waals surface area (Å²) in [6.07, 6.45) is -3.66. The third kappa shape index (κ3) is 9.25. The van der Waals surface area contributed by atoms with Crippen LogP contribution in [-0.4, -0.2) is 138 Å². The Kier molecular flexibility index (Phi) is 13.8. The van der Waals surface area contributed by atoms with E-state index in [4.69, 9.17) is 41.9 Å². The van der Waals surface area contributed by atoms with Crippen LogP contribution in [-0.2, 0) is 18.9 Å². The van der Waals surface area contributed by atoms with Crippen molar-refractivity contribution in [3.05, 3.63) is 11.8 Å². The van der Waals surface area contributed by atoms with Crippen molar-refractivity contribution in [2.24, 2.45) is 28.9 Å². The lowest BCUT2D eigenvalue weighted by Crippen LogP contribution is -2.67. The van der Waals surface area contributed by atoms with Crippen LogP contribution in [0.15, 0.2) is 11.8 Å². The largest absolute Gasteiger partial charge is 0.467 e. The van der Waals surface area contributed by atoms with Crippen molar-refractivity contribution in [3.8, 4) is 0 Å². The van der Waals surface area contributed by atoms with Crippen LogP contribution in [0.2, 0.25) is 0 Å². The van der Waals surface area contributed by atoms with Crippen LogP contribution in [0.5, 0.6) is 0 Å². The highest BCUT2D eigenvalue weighted by atomic mass is 16.7. The van der Waals surface area contributed by atoms with Gasteiger partial charge in [-0.1, -0.05) is 0 Å². The van der Waals surface area contributed by atoms with Crippen molar-refractivity contribution in [1.82, 2.24) is 10.6 Å². The summed E-state index contributed by atoms with van der Waals surface area (Å²) in [5, 5.41) is 59.2. The van der Waals surface area contributed by atoms with E-state index in [1.165, 1.54) is 0 Å². The highest BCUT2D eigenvalue weighted by molar-refractivity contribution is 5.04. The van der Waals surface area contributed by atoms with E-state index in [1.807, 2.05) is 6.08 Å². The summed E-state index contributed by atoms with van der Waals surface area (Å²) in [7, 11) is 1.62. The molecule has 0 aromatic rings. The van der Waals surface area contributed by atoms with Crippen LogP contribution in [0, 0.1) is 5.92 Å². The number of rotatable bonds is 15. The molecular formula is C27H54N6O9. The number of nitrogens with one attached hydrogen (secondary N) is 2. The summed E-state index contributed by atoms with van der Waals surface area (Å²) in [4.78, 5) is 0. The molecular weight excluding hydrogens is 552 g/mol. The van der Waals surface area contributed by atoms with Gasteiger partial charge in [-0.15, -0.1) is 0 Å². The smallest absolute Gasteiger partial charge is 0.215 e. The molecule has 1 saturated carbocycles. The average Bonchev–Trinajstić information content (AvgIpc) is 2.94. The molecule has 3 rings (SSSR count). The molecule has 42 heavy (non-hydrogen) atoms. The number of hydrogen-bond acceptors (Lipinski definition) is 15. The Morgan fingerprint density at radius 1 is 1.05 bits per heavy atom. The van der Waals surface area contributed by atoms with E-state index in [0.29, 0.717) is 57.5 Å². The van der Waals surface area contributed by atoms with Crippen LogP contribution in [0.4, 0.5) is 0 Å². The third-order valence-electron chi connectivity index (χ3n) is 8.42. The van der Waals surface area contributed by atoms with Gasteiger partial charge in [-0.05, 0) is 64.6 Å². The van der Waals surface area contributed by atoms with E-state index in [0.717, 1.165) is 0 Å². The predicted molar refractivity (Wildman–Crippen MR) is 153 cm³/mol. The van der Waals surface area contributed by atoms with Gasteiger partial charge in [-0.3, -0.25) is 0 Å². The van der Waals surface area contributed by atoms with Crippen molar-refractivity contribution in [2.45, 2.75) is 112 Å². The molecule has 15 heteroatoms. The number of likely N-dealkylation sites (N-methyl/N-ethyl adjacent to an activating group) is 1. The standard InChI is InChI=1S/C27H54N6O9/c1-27(38)13-39-26(21(37)24(27)32-2)41-22-14(3-4-15(34)10-29)9-19(31)23(20(22)36)42-25-18(30)6-5-17(40-25)12-33-11-16(35)7-8-28/h5,14-16,18-26,32-38H,3-4,6-13,28-31H2,1-2H3/t14-,15?,16?,18-,19+,20-,21-,22+,23?,24-,25-,26-,27+/m1/s1. The van der Waals surface area contributed by atoms with Gasteiger partial charge in [0.1, 0.15) is 29.7 Å². The van der Waals surface area contributed by atoms with E-state index in [-0.39, 0.29) is 19.1 Å². The molecule has 1 saturated heterocycles. The van der Waals surface area contributed by atoms with Gasteiger partial charge in [0.15, 0.2) is 6.29 Å². The molecule has 3 aliphatic rings. The molecule has 0 amide bonds. The molecule has 0 aromatic heterocycles. The molecule has 0 aromatic carbocycles. The number of hydrogen-bond donors (Lipinski definition) is 11. The number of ether oxygens (including phenoxy) is 4. The summed E-state index contributed by atoms with van der Waals surface area (Å²) < 4.78 is 24.1. The van der Waals surface area contributed by atoms with E-state index in [2.05, 4.69) is 10.6 Å². The van der Waals surface area contributed by atoms with E-state index in [9.17, 15) is 25.5 Å². The fourth-order valence-electron chi connectivity index (χ4n) is 5.95. The highest BCUT2D eigenvalue weighted by Gasteiger charge is 2.51. The zero-order chi connectivity index (χ0) is 31.0. The first kappa shape index (κ1) is 35.5. The maximum atomic E-state index is 11.6. The van der Waals surface area contributed by atoms with Gasteiger partial charge in [0.05, 0.1) is 43.5 Å². The fraction of sp³-hybridized carbons (Fsp3) is 0.926. The number of aliphatic hydroxyl groups excluding tert-OH is 4. The molecule has 2 heterocycles. The van der Waals surface area contributed by atoms with Crippen LogP contribution >= 0.6 is 0 Å². The third-order valence-corrected chi connectivity index (χ3v) is 8.42. The minimum Gasteiger partial charge on any atom is -0.467 e. The molecule has 15 N–H and O–H groups in total. The average molecular weight is 607 g/mol. The minimum atomic E-state index is -1.34. The summed E-state index contributed by atoms with van der Waals surface area (Å²) >= 11 is 0. The summed E-state index contributed by atoms with van der Waals surface area (Å²) in [6.45, 7) is 2.62. The molecule has 0 bridgehead atoms. The lowest BCUT2D eigenvalue weighted by Gasteiger charge is -2.49. The van der Waals surface area contributed by atoms with Gasteiger partial charge in [0.2, 0.25) is 6.29 Å². The van der Waals surface area contributed by atoms with Gasteiger partial charge in [-0.25, -0.2) is 0 Å². The first-order valence-electron chi connectivity index (χ1n) is 14.9. The quantitative estimate of drug-likeness (QED) is 0.0845.